The summed E-state index contributed by atoms with van der Waals surface area (Å²) in [6.45, 7) is 4.27. The van der Waals surface area contributed by atoms with Crippen molar-refractivity contribution in [3.63, 3.8) is 0 Å². The van der Waals surface area contributed by atoms with E-state index in [2.05, 4.69) is 123 Å². The van der Waals surface area contributed by atoms with Crippen LogP contribution in [-0.2, 0) is 21.1 Å². The summed E-state index contributed by atoms with van der Waals surface area (Å²) in [5.74, 6) is 0. The molecule has 0 saturated heterocycles. The van der Waals surface area contributed by atoms with E-state index >= 15 is 0 Å². The molecule has 0 amide bonds. The predicted octanol–water partition coefficient (Wildman–Crippen LogP) is 10.4. The number of rotatable bonds is 2. The zero-order valence-electron chi connectivity index (χ0n) is 22.4. The zero-order valence-corrected chi connectivity index (χ0v) is 26.3. The van der Waals surface area contributed by atoms with E-state index < -0.39 is 0 Å². The second kappa shape index (κ2) is 11.7. The largest absolute Gasteiger partial charge is 2.00 e. The normalized spacial score (nSPS) is 12.2. The summed E-state index contributed by atoms with van der Waals surface area (Å²) >= 11 is 3.31. The second-order valence-corrected chi connectivity index (χ2v) is 11.9. The van der Waals surface area contributed by atoms with Gasteiger partial charge in [-0.15, -0.1) is 82.0 Å². The van der Waals surface area contributed by atoms with Crippen LogP contribution in [0, 0.1) is 12.1 Å². The van der Waals surface area contributed by atoms with Crippen LogP contribution in [0.15, 0.2) is 97.1 Å². The van der Waals surface area contributed by atoms with Crippen LogP contribution in [0.5, 0.6) is 0 Å². The van der Waals surface area contributed by atoms with Gasteiger partial charge in [-0.1, -0.05) is 92.3 Å². The monoisotopic (exact) mass is 743 g/mol. The number of allylic oxidation sites excluding steroid dienone is 2. The van der Waals surface area contributed by atoms with Crippen LogP contribution in [0.3, 0.4) is 0 Å². The van der Waals surface area contributed by atoms with Gasteiger partial charge in [-0.3, -0.25) is 0 Å². The van der Waals surface area contributed by atoms with E-state index in [4.69, 9.17) is 9.97 Å². The Morgan fingerprint density at radius 2 is 0.927 bits per heavy atom. The molecule has 8 bridgehead atoms. The molecule has 4 aromatic carbocycles. The fourth-order valence-electron chi connectivity index (χ4n) is 5.06. The van der Waals surface area contributed by atoms with Gasteiger partial charge in [0.05, 0.1) is 0 Å². The van der Waals surface area contributed by atoms with E-state index in [1.54, 1.807) is 22.7 Å². The van der Waals surface area contributed by atoms with Crippen molar-refractivity contribution in [2.24, 2.45) is 0 Å². The molecule has 0 unspecified atom stereocenters. The van der Waals surface area contributed by atoms with Crippen LogP contribution in [0.25, 0.3) is 65.7 Å². The quantitative estimate of drug-likeness (QED) is 0.168. The molecule has 5 heteroatoms. The zero-order chi connectivity index (χ0) is 27.1. The first-order valence-electron chi connectivity index (χ1n) is 13.2. The molecule has 0 saturated carbocycles. The Balaban J connectivity index is 0.00000302. The summed E-state index contributed by atoms with van der Waals surface area (Å²) in [5, 5.41) is 4.01. The van der Waals surface area contributed by atoms with Gasteiger partial charge in [-0.05, 0) is 37.1 Å². The molecule has 200 valence electrons. The van der Waals surface area contributed by atoms with Crippen molar-refractivity contribution >= 4 is 66.1 Å². The molecule has 2 nitrogen and oxygen atoms in total. The molecular formula is C36H24N2PtS2. The van der Waals surface area contributed by atoms with E-state index in [-0.39, 0.29) is 21.1 Å². The molecule has 0 fully saturated rings. The molecular weight excluding hydrogens is 720 g/mol. The van der Waals surface area contributed by atoms with Crippen LogP contribution < -0.4 is 0 Å². The summed E-state index contributed by atoms with van der Waals surface area (Å²) in [6.07, 6.45) is 4.38. The maximum Gasteiger partial charge on any atom is 2.00 e. The molecule has 0 radical (unpaired) electrons. The standard InChI is InChI=1S/C36H24N2S2.Pt/c1-23-19-31-33(25-11-5-3-6-12-25)27-15-10-18-30(22-27)40-36-24(2)20-32(38-36)34(26-13-7-4-8-14-26)28-16-9-17-29(21-28)39-35(23)37-31;/h3-20H,1-2H3;/q-2;+2. The molecule has 2 aliphatic heterocycles. The molecule has 7 rings (SSSR count). The SMILES string of the molecule is CC1=Cc2nc1sc1[c-]c(ccc1)c(-c1ccccc1)c1nc(sc3[c-]c(ccc3)c2-c2ccccc2)C(C)=C1.[Pt+2]. The molecule has 0 aliphatic carbocycles. The molecule has 0 N–H and O–H groups in total. The summed E-state index contributed by atoms with van der Waals surface area (Å²) < 4.78 is 2.05. The van der Waals surface area contributed by atoms with Gasteiger partial charge in [-0.2, -0.15) is 0 Å². The average molecular weight is 744 g/mol. The van der Waals surface area contributed by atoms with E-state index in [9.17, 15) is 0 Å². The van der Waals surface area contributed by atoms with E-state index in [0.717, 1.165) is 75.0 Å². The minimum Gasteiger partial charge on any atom is -0.247 e. The van der Waals surface area contributed by atoms with Gasteiger partial charge in [0.15, 0.2) is 0 Å². The number of nitrogens with zero attached hydrogens (tertiary/aromatic N) is 2. The van der Waals surface area contributed by atoms with Gasteiger partial charge in [0.2, 0.25) is 0 Å². The number of hydrogen-bond acceptors (Lipinski definition) is 4. The molecule has 0 atom stereocenters. The third-order valence-electron chi connectivity index (χ3n) is 6.95. The van der Waals surface area contributed by atoms with Gasteiger partial charge in [0.25, 0.3) is 0 Å². The Kier molecular flexibility index (Phi) is 7.81. The van der Waals surface area contributed by atoms with Gasteiger partial charge in [0.1, 0.15) is 10.0 Å². The summed E-state index contributed by atoms with van der Waals surface area (Å²) in [4.78, 5) is 10.3. The number of hydrogen-bond donors (Lipinski definition) is 0. The molecule has 5 aromatic rings. The van der Waals surface area contributed by atoms with Crippen molar-refractivity contribution in [2.45, 2.75) is 13.8 Å². The molecule has 41 heavy (non-hydrogen) atoms. The summed E-state index contributed by atoms with van der Waals surface area (Å²) in [5.41, 5.74) is 8.60. The van der Waals surface area contributed by atoms with Gasteiger partial charge < -0.3 is 0 Å². The molecule has 0 spiro atoms. The van der Waals surface area contributed by atoms with E-state index in [1.807, 2.05) is 12.1 Å². The van der Waals surface area contributed by atoms with E-state index in [1.165, 1.54) is 0 Å². The maximum absolute atomic E-state index is 5.17. The first-order chi connectivity index (χ1) is 19.6. The number of benzene rings is 4. The third kappa shape index (κ3) is 5.48. The van der Waals surface area contributed by atoms with Crippen molar-refractivity contribution in [2.75, 3.05) is 0 Å². The molecule has 3 heterocycles. The fraction of sp³-hybridized carbons (Fsp3) is 0.0556. The first-order valence-corrected chi connectivity index (χ1v) is 14.8. The minimum atomic E-state index is 0. The molecule has 2 aliphatic rings. The smallest absolute Gasteiger partial charge is 0.247 e. The number of fused-ring (bicyclic) bond motifs is 8. The predicted molar refractivity (Wildman–Crippen MR) is 173 cm³/mol. The van der Waals surface area contributed by atoms with Crippen LogP contribution in [0.2, 0.25) is 0 Å². The van der Waals surface area contributed by atoms with Crippen molar-refractivity contribution in [1.82, 2.24) is 9.97 Å². The van der Waals surface area contributed by atoms with Crippen LogP contribution in [-0.4, -0.2) is 9.97 Å². The number of aromatic nitrogens is 2. The van der Waals surface area contributed by atoms with Crippen LogP contribution in [0.4, 0.5) is 0 Å². The Morgan fingerprint density at radius 1 is 0.512 bits per heavy atom. The minimum absolute atomic E-state index is 0. The summed E-state index contributed by atoms with van der Waals surface area (Å²) in [7, 11) is 0. The average Bonchev–Trinajstić information content (AvgIpc) is 3.51. The Morgan fingerprint density at radius 3 is 1.34 bits per heavy atom. The van der Waals surface area contributed by atoms with Crippen molar-refractivity contribution < 1.29 is 21.1 Å². The molecule has 1 aromatic heterocycles. The van der Waals surface area contributed by atoms with Gasteiger partial charge in [0, 0.05) is 11.4 Å². The fourth-order valence-corrected chi connectivity index (χ4v) is 6.82. The summed E-state index contributed by atoms with van der Waals surface area (Å²) in [6, 6.07) is 41.0. The van der Waals surface area contributed by atoms with Crippen LogP contribution in [0.1, 0.15) is 35.3 Å². The van der Waals surface area contributed by atoms with Crippen LogP contribution >= 0.6 is 22.7 Å². The third-order valence-corrected chi connectivity index (χ3v) is 9.08. The second-order valence-electron chi connectivity index (χ2n) is 9.80. The Hall–Kier alpha value is -3.69. The van der Waals surface area contributed by atoms with Crippen molar-refractivity contribution in [1.29, 1.82) is 0 Å². The maximum atomic E-state index is 5.17. The van der Waals surface area contributed by atoms with Crippen molar-refractivity contribution in [3.8, 4) is 22.3 Å². The Bertz CT molecular complexity index is 1870. The van der Waals surface area contributed by atoms with Crippen molar-refractivity contribution in [3.05, 3.63) is 131 Å². The Labute approximate surface area is 262 Å². The van der Waals surface area contributed by atoms with Gasteiger partial charge >= 0.3 is 21.1 Å². The first kappa shape index (κ1) is 27.5. The topological polar surface area (TPSA) is 25.8 Å². The van der Waals surface area contributed by atoms with Gasteiger partial charge in [-0.25, -0.2) is 9.97 Å². The van der Waals surface area contributed by atoms with E-state index in [0.29, 0.717) is 0 Å².